The summed E-state index contributed by atoms with van der Waals surface area (Å²) < 4.78 is 5.81. The fourth-order valence-corrected chi connectivity index (χ4v) is 3.24. The molecular weight excluding hydrogens is 396 g/mol. The molecule has 166 valence electrons. The van der Waals surface area contributed by atoms with Crippen molar-refractivity contribution in [2.75, 3.05) is 0 Å². The van der Waals surface area contributed by atoms with E-state index in [-0.39, 0.29) is 23.7 Å². The summed E-state index contributed by atoms with van der Waals surface area (Å²) in [5.74, 6) is -1.70. The van der Waals surface area contributed by atoms with Gasteiger partial charge in [0.2, 0.25) is 0 Å². The van der Waals surface area contributed by atoms with Crippen LogP contribution in [0.15, 0.2) is 54.6 Å². The highest BCUT2D eigenvalue weighted by Crippen LogP contribution is 2.26. The average Bonchev–Trinajstić information content (AvgIpc) is 2.77. The Hall–Kier alpha value is -3.12. The van der Waals surface area contributed by atoms with Crippen LogP contribution in [0.4, 0.5) is 0 Å². The van der Waals surface area contributed by atoms with Crippen LogP contribution in [0.5, 0.6) is 5.75 Å². The lowest BCUT2D eigenvalue weighted by Crippen LogP contribution is -2.22. The number of rotatable bonds is 11. The first-order valence-electron chi connectivity index (χ1n) is 10.4. The van der Waals surface area contributed by atoms with E-state index in [4.69, 9.17) is 9.84 Å². The molecule has 0 fully saturated rings. The second-order valence-electron chi connectivity index (χ2n) is 7.70. The lowest BCUT2D eigenvalue weighted by molar-refractivity contribution is 0.0651. The lowest BCUT2D eigenvalue weighted by atomic mass is 9.93. The zero-order chi connectivity index (χ0) is 23.0. The van der Waals surface area contributed by atoms with Crippen molar-refractivity contribution in [1.82, 2.24) is 0 Å². The van der Waals surface area contributed by atoms with Crippen LogP contribution in [0, 0.1) is 0 Å². The van der Waals surface area contributed by atoms with Crippen LogP contribution in [0.1, 0.15) is 77.8 Å². The van der Waals surface area contributed by atoms with Crippen LogP contribution in [0.2, 0.25) is 0 Å². The van der Waals surface area contributed by atoms with Crippen molar-refractivity contribution in [3.8, 4) is 5.75 Å². The largest absolute Gasteiger partial charge is 0.489 e. The minimum absolute atomic E-state index is 0.123. The number of allylic oxidation sites excluding steroid dienone is 1. The molecule has 2 rings (SSSR count). The molecule has 0 aromatic heterocycles. The first-order chi connectivity index (χ1) is 14.7. The van der Waals surface area contributed by atoms with Crippen LogP contribution in [0.25, 0.3) is 0 Å². The molecule has 0 aliphatic heterocycles. The quantitative estimate of drug-likeness (QED) is 0.423. The van der Waals surface area contributed by atoms with E-state index in [9.17, 15) is 19.8 Å². The molecule has 6 heteroatoms. The first kappa shape index (κ1) is 24.2. The number of carboxylic acid groups (broad SMARTS) is 2. The van der Waals surface area contributed by atoms with Gasteiger partial charge in [-0.3, -0.25) is 0 Å². The highest BCUT2D eigenvalue weighted by atomic mass is 16.5. The molecule has 0 heterocycles. The molecule has 6 nitrogen and oxygen atoms in total. The summed E-state index contributed by atoms with van der Waals surface area (Å²) in [5.41, 5.74) is 0.392. The third-order valence-electron chi connectivity index (χ3n) is 5.52. The molecule has 2 aromatic carbocycles. The van der Waals surface area contributed by atoms with Crippen molar-refractivity contribution in [2.45, 2.75) is 58.2 Å². The molecule has 3 N–H and O–H groups in total. The number of hydrogen-bond donors (Lipinski definition) is 3. The van der Waals surface area contributed by atoms with Crippen molar-refractivity contribution >= 4 is 11.9 Å². The van der Waals surface area contributed by atoms with Crippen LogP contribution < -0.4 is 4.74 Å². The van der Waals surface area contributed by atoms with E-state index in [0.29, 0.717) is 24.2 Å². The van der Waals surface area contributed by atoms with Crippen molar-refractivity contribution in [2.24, 2.45) is 0 Å². The first-order valence-corrected chi connectivity index (χ1v) is 10.4. The molecular formula is C25H30O6. The van der Waals surface area contributed by atoms with Gasteiger partial charge in [0.05, 0.1) is 16.7 Å². The zero-order valence-corrected chi connectivity index (χ0v) is 18.2. The Morgan fingerprint density at radius 3 is 2.32 bits per heavy atom. The van der Waals surface area contributed by atoms with Gasteiger partial charge in [-0.25, -0.2) is 9.59 Å². The number of aliphatic hydroxyl groups is 1. The van der Waals surface area contributed by atoms with E-state index in [1.165, 1.54) is 12.1 Å². The van der Waals surface area contributed by atoms with E-state index in [1.807, 2.05) is 50.3 Å². The second kappa shape index (κ2) is 10.8. The summed E-state index contributed by atoms with van der Waals surface area (Å²) in [6.07, 6.45) is 6.03. The summed E-state index contributed by atoms with van der Waals surface area (Å²) in [6, 6.07) is 11.8. The van der Waals surface area contributed by atoms with Gasteiger partial charge in [0.15, 0.2) is 0 Å². The van der Waals surface area contributed by atoms with E-state index in [0.717, 1.165) is 12.0 Å². The molecule has 31 heavy (non-hydrogen) atoms. The number of aromatic carboxylic acids is 2. The Morgan fingerprint density at radius 1 is 1.03 bits per heavy atom. The average molecular weight is 427 g/mol. The van der Waals surface area contributed by atoms with Crippen molar-refractivity contribution in [3.05, 3.63) is 76.9 Å². The van der Waals surface area contributed by atoms with Gasteiger partial charge in [-0.15, -0.1) is 0 Å². The van der Waals surface area contributed by atoms with Crippen LogP contribution in [0.3, 0.4) is 0 Å². The highest BCUT2D eigenvalue weighted by molar-refractivity contribution is 6.01. The number of carboxylic acids is 2. The van der Waals surface area contributed by atoms with Crippen molar-refractivity contribution < 1.29 is 29.6 Å². The molecule has 0 aliphatic rings. The van der Waals surface area contributed by atoms with Crippen molar-refractivity contribution in [3.63, 3.8) is 0 Å². The third kappa shape index (κ3) is 6.69. The minimum atomic E-state index is -1.29. The lowest BCUT2D eigenvalue weighted by Gasteiger charge is -2.20. The Bertz CT molecular complexity index is 943. The van der Waals surface area contributed by atoms with E-state index in [1.54, 1.807) is 6.07 Å². The minimum Gasteiger partial charge on any atom is -0.489 e. The number of benzene rings is 2. The van der Waals surface area contributed by atoms with Gasteiger partial charge in [0.25, 0.3) is 0 Å². The molecule has 2 aromatic rings. The fraction of sp³-hybridized carbons (Fsp3) is 0.360. The summed E-state index contributed by atoms with van der Waals surface area (Å²) in [6.45, 7) is 6.15. The second-order valence-corrected chi connectivity index (χ2v) is 7.70. The Balaban J connectivity index is 2.06. The van der Waals surface area contributed by atoms with Crippen LogP contribution in [-0.4, -0.2) is 32.9 Å². The van der Waals surface area contributed by atoms with E-state index in [2.05, 4.69) is 6.92 Å². The Morgan fingerprint density at radius 2 is 1.71 bits per heavy atom. The van der Waals surface area contributed by atoms with Crippen molar-refractivity contribution in [1.29, 1.82) is 0 Å². The van der Waals surface area contributed by atoms with Gasteiger partial charge in [-0.05, 0) is 60.6 Å². The summed E-state index contributed by atoms with van der Waals surface area (Å²) in [4.78, 5) is 22.5. The molecule has 0 spiro atoms. The molecule has 0 amide bonds. The number of hydrogen-bond acceptors (Lipinski definition) is 4. The van der Waals surface area contributed by atoms with Crippen LogP contribution in [-0.2, 0) is 6.61 Å². The zero-order valence-electron chi connectivity index (χ0n) is 18.2. The maximum Gasteiger partial charge on any atom is 0.336 e. The molecule has 1 atom stereocenters. The SMILES string of the molecule is CCC(O)(/C=C/CC(C)c1cccc(OCc2ccc(C(=O)O)c(C(=O)O)c2)c1)CC. The monoisotopic (exact) mass is 426 g/mol. The summed E-state index contributed by atoms with van der Waals surface area (Å²) in [5, 5.41) is 28.7. The van der Waals surface area contributed by atoms with Gasteiger partial charge in [-0.2, -0.15) is 0 Å². The molecule has 0 aliphatic carbocycles. The topological polar surface area (TPSA) is 104 Å². The van der Waals surface area contributed by atoms with Gasteiger partial charge in [-0.1, -0.05) is 51.1 Å². The highest BCUT2D eigenvalue weighted by Gasteiger charge is 2.18. The van der Waals surface area contributed by atoms with Crippen LogP contribution >= 0.6 is 0 Å². The molecule has 0 saturated carbocycles. The third-order valence-corrected chi connectivity index (χ3v) is 5.52. The van der Waals surface area contributed by atoms with Gasteiger partial charge >= 0.3 is 11.9 Å². The number of ether oxygens (including phenoxy) is 1. The van der Waals surface area contributed by atoms with E-state index >= 15 is 0 Å². The standard InChI is InChI=1S/C25H30O6/c1-4-25(30,5-2)13-7-8-17(3)19-9-6-10-20(15-19)31-16-18-11-12-21(23(26)27)22(14-18)24(28)29/h6-7,9-15,17,30H,4-5,8,16H2,1-3H3,(H,26,27)(H,28,29)/b13-7+. The molecule has 1 unspecified atom stereocenters. The van der Waals surface area contributed by atoms with E-state index < -0.39 is 17.5 Å². The normalized spacial score (nSPS) is 12.6. The maximum atomic E-state index is 11.3. The fourth-order valence-electron chi connectivity index (χ4n) is 3.24. The van der Waals surface area contributed by atoms with Gasteiger partial charge < -0.3 is 20.1 Å². The molecule has 0 saturated heterocycles. The van der Waals surface area contributed by atoms with Gasteiger partial charge in [0.1, 0.15) is 12.4 Å². The molecule has 0 bridgehead atoms. The molecule has 0 radical (unpaired) electrons. The maximum absolute atomic E-state index is 11.3. The predicted molar refractivity (Wildman–Crippen MR) is 119 cm³/mol. The summed E-state index contributed by atoms with van der Waals surface area (Å²) >= 11 is 0. The number of carbonyl (C=O) groups is 2. The smallest absolute Gasteiger partial charge is 0.336 e. The Kier molecular flexibility index (Phi) is 8.39. The summed E-state index contributed by atoms with van der Waals surface area (Å²) in [7, 11) is 0. The predicted octanol–water partition coefficient (Wildman–Crippen LogP) is 5.26. The Labute approximate surface area is 182 Å². The van der Waals surface area contributed by atoms with Gasteiger partial charge in [0, 0.05) is 0 Å².